The third kappa shape index (κ3) is 3.80. The summed E-state index contributed by atoms with van der Waals surface area (Å²) in [6.45, 7) is 8.36. The van der Waals surface area contributed by atoms with E-state index in [0.29, 0.717) is 0 Å². The van der Waals surface area contributed by atoms with Crippen LogP contribution in [-0.2, 0) is 13.6 Å². The molecule has 0 aliphatic heterocycles. The summed E-state index contributed by atoms with van der Waals surface area (Å²) in [6, 6.07) is 0. The maximum Gasteiger partial charge on any atom is 0.131 e. The Hall–Kier alpha value is -0.540. The first-order valence-electron chi connectivity index (χ1n) is 5.91. The molecule has 92 valence electrons. The van der Waals surface area contributed by atoms with E-state index < -0.39 is 0 Å². The lowest BCUT2D eigenvalue weighted by Crippen LogP contribution is -2.15. The van der Waals surface area contributed by atoms with Gasteiger partial charge in [0, 0.05) is 19.2 Å². The Morgan fingerprint density at radius 1 is 1.44 bits per heavy atom. The number of aryl methyl sites for hydroxylation is 2. The molecule has 0 fully saturated rings. The Morgan fingerprint density at radius 3 is 2.62 bits per heavy atom. The van der Waals surface area contributed by atoms with Crippen LogP contribution in [-0.4, -0.2) is 16.3 Å². The van der Waals surface area contributed by atoms with Crippen LogP contribution in [0.4, 0.5) is 0 Å². The first-order valence-corrected chi connectivity index (χ1v) is 6.28. The number of hydrogen-bond acceptors (Lipinski definition) is 2. The van der Waals surface area contributed by atoms with Gasteiger partial charge in [0.1, 0.15) is 5.15 Å². The summed E-state index contributed by atoms with van der Waals surface area (Å²) >= 11 is 6.14. The highest BCUT2D eigenvalue weighted by atomic mass is 35.5. The van der Waals surface area contributed by atoms with E-state index in [1.807, 2.05) is 14.0 Å². The van der Waals surface area contributed by atoms with Crippen molar-refractivity contribution in [1.29, 1.82) is 0 Å². The van der Waals surface area contributed by atoms with E-state index in [9.17, 15) is 0 Å². The summed E-state index contributed by atoms with van der Waals surface area (Å²) in [4.78, 5) is 0. The van der Waals surface area contributed by atoms with E-state index in [1.165, 1.54) is 12.8 Å². The standard InChI is InChI=1S/C12H22ClN3/c1-9(2)6-5-7-14-8-11-10(3)15-16(4)12(11)13/h9,14H,5-8H2,1-4H3. The molecule has 0 atom stereocenters. The average molecular weight is 244 g/mol. The molecule has 0 aromatic carbocycles. The molecule has 1 aromatic heterocycles. The lowest BCUT2D eigenvalue weighted by Gasteiger charge is -2.06. The Bertz CT molecular complexity index is 331. The number of nitrogens with zero attached hydrogens (tertiary/aromatic N) is 2. The molecule has 4 heteroatoms. The smallest absolute Gasteiger partial charge is 0.131 e. The fourth-order valence-electron chi connectivity index (χ4n) is 1.72. The van der Waals surface area contributed by atoms with Gasteiger partial charge >= 0.3 is 0 Å². The lowest BCUT2D eigenvalue weighted by molar-refractivity contribution is 0.527. The van der Waals surface area contributed by atoms with Crippen molar-refractivity contribution in [2.45, 2.75) is 40.2 Å². The van der Waals surface area contributed by atoms with Crippen molar-refractivity contribution in [1.82, 2.24) is 15.1 Å². The highest BCUT2D eigenvalue weighted by molar-refractivity contribution is 6.30. The Morgan fingerprint density at radius 2 is 2.12 bits per heavy atom. The van der Waals surface area contributed by atoms with E-state index in [0.717, 1.165) is 35.4 Å². The van der Waals surface area contributed by atoms with Crippen LogP contribution >= 0.6 is 11.6 Å². The van der Waals surface area contributed by atoms with Gasteiger partial charge in [-0.1, -0.05) is 25.4 Å². The number of nitrogens with one attached hydrogen (secondary N) is 1. The molecule has 0 unspecified atom stereocenters. The van der Waals surface area contributed by atoms with Gasteiger partial charge in [-0.15, -0.1) is 0 Å². The fourth-order valence-corrected chi connectivity index (χ4v) is 1.96. The van der Waals surface area contributed by atoms with Gasteiger partial charge < -0.3 is 5.32 Å². The largest absolute Gasteiger partial charge is 0.312 e. The zero-order chi connectivity index (χ0) is 12.1. The second-order valence-electron chi connectivity index (χ2n) is 4.69. The van der Waals surface area contributed by atoms with Crippen LogP contribution in [0.5, 0.6) is 0 Å². The molecule has 0 amide bonds. The molecule has 0 saturated heterocycles. The first kappa shape index (κ1) is 13.5. The Balaban J connectivity index is 2.32. The maximum atomic E-state index is 6.14. The molecule has 3 nitrogen and oxygen atoms in total. The molecule has 0 aliphatic carbocycles. The van der Waals surface area contributed by atoms with Crippen molar-refractivity contribution >= 4 is 11.6 Å². The molecule has 0 bridgehead atoms. The molecule has 1 rings (SSSR count). The van der Waals surface area contributed by atoms with Crippen LogP contribution in [0.3, 0.4) is 0 Å². The minimum absolute atomic E-state index is 0.744. The van der Waals surface area contributed by atoms with Crippen molar-refractivity contribution < 1.29 is 0 Å². The molecule has 1 heterocycles. The Kier molecular flexibility index (Phi) is 5.29. The molecular weight excluding hydrogens is 222 g/mol. The van der Waals surface area contributed by atoms with Crippen molar-refractivity contribution in [3.05, 3.63) is 16.4 Å². The molecule has 0 saturated carbocycles. The SMILES string of the molecule is Cc1nn(C)c(Cl)c1CNCCCC(C)C. The van der Waals surface area contributed by atoms with Crippen LogP contribution < -0.4 is 5.32 Å². The zero-order valence-electron chi connectivity index (χ0n) is 10.7. The van der Waals surface area contributed by atoms with Gasteiger partial charge in [0.05, 0.1) is 5.69 Å². The number of rotatable bonds is 6. The van der Waals surface area contributed by atoms with Crippen LogP contribution in [0.1, 0.15) is 37.9 Å². The number of halogens is 1. The second kappa shape index (κ2) is 6.26. The van der Waals surface area contributed by atoms with Gasteiger partial charge in [0.25, 0.3) is 0 Å². The van der Waals surface area contributed by atoms with E-state index >= 15 is 0 Å². The van der Waals surface area contributed by atoms with Crippen molar-refractivity contribution in [3.8, 4) is 0 Å². The quantitative estimate of drug-likeness (QED) is 0.779. The molecule has 16 heavy (non-hydrogen) atoms. The van der Waals surface area contributed by atoms with Crippen LogP contribution in [0.25, 0.3) is 0 Å². The highest BCUT2D eigenvalue weighted by Crippen LogP contribution is 2.18. The summed E-state index contributed by atoms with van der Waals surface area (Å²) in [7, 11) is 1.87. The molecule has 0 radical (unpaired) electrons. The average Bonchev–Trinajstić information content (AvgIpc) is 2.43. The van der Waals surface area contributed by atoms with Gasteiger partial charge in [-0.05, 0) is 32.2 Å². The third-order valence-corrected chi connectivity index (χ3v) is 3.18. The minimum atomic E-state index is 0.744. The zero-order valence-corrected chi connectivity index (χ0v) is 11.4. The summed E-state index contributed by atoms with van der Waals surface area (Å²) < 4.78 is 1.72. The van der Waals surface area contributed by atoms with Crippen LogP contribution in [0.15, 0.2) is 0 Å². The fraction of sp³-hybridized carbons (Fsp3) is 0.750. The van der Waals surface area contributed by atoms with Crippen molar-refractivity contribution in [3.63, 3.8) is 0 Å². The molecule has 0 spiro atoms. The van der Waals surface area contributed by atoms with Crippen LogP contribution in [0.2, 0.25) is 5.15 Å². The molecule has 1 N–H and O–H groups in total. The first-order chi connectivity index (χ1) is 7.52. The van der Waals surface area contributed by atoms with Gasteiger partial charge in [-0.3, -0.25) is 4.68 Å². The molecule has 1 aromatic rings. The minimum Gasteiger partial charge on any atom is -0.312 e. The summed E-state index contributed by atoms with van der Waals surface area (Å²) in [6.07, 6.45) is 2.49. The highest BCUT2D eigenvalue weighted by Gasteiger charge is 2.09. The summed E-state index contributed by atoms with van der Waals surface area (Å²) in [5.41, 5.74) is 2.14. The number of aromatic nitrogens is 2. The summed E-state index contributed by atoms with van der Waals surface area (Å²) in [5.74, 6) is 0.783. The van der Waals surface area contributed by atoms with Crippen molar-refractivity contribution in [2.75, 3.05) is 6.54 Å². The van der Waals surface area contributed by atoms with Gasteiger partial charge in [-0.2, -0.15) is 5.10 Å². The van der Waals surface area contributed by atoms with E-state index in [-0.39, 0.29) is 0 Å². The van der Waals surface area contributed by atoms with E-state index in [4.69, 9.17) is 11.6 Å². The molecule has 0 aliphatic rings. The second-order valence-corrected chi connectivity index (χ2v) is 5.05. The van der Waals surface area contributed by atoms with E-state index in [2.05, 4.69) is 24.3 Å². The normalized spacial score (nSPS) is 11.4. The van der Waals surface area contributed by atoms with Gasteiger partial charge in [0.2, 0.25) is 0 Å². The topological polar surface area (TPSA) is 29.9 Å². The van der Waals surface area contributed by atoms with Gasteiger partial charge in [-0.25, -0.2) is 0 Å². The molecular formula is C12H22ClN3. The number of hydrogen-bond donors (Lipinski definition) is 1. The Labute approximate surface area is 103 Å². The summed E-state index contributed by atoms with van der Waals surface area (Å²) in [5, 5.41) is 8.44. The monoisotopic (exact) mass is 243 g/mol. The van der Waals surface area contributed by atoms with Crippen molar-refractivity contribution in [2.24, 2.45) is 13.0 Å². The van der Waals surface area contributed by atoms with Gasteiger partial charge in [0.15, 0.2) is 0 Å². The third-order valence-electron chi connectivity index (χ3n) is 2.71. The van der Waals surface area contributed by atoms with E-state index in [1.54, 1.807) is 4.68 Å². The maximum absolute atomic E-state index is 6.14. The predicted octanol–water partition coefficient (Wildman–Crippen LogP) is 2.91. The lowest BCUT2D eigenvalue weighted by atomic mass is 10.1. The predicted molar refractivity (Wildman–Crippen MR) is 68.7 cm³/mol. The van der Waals surface area contributed by atoms with Crippen LogP contribution in [0, 0.1) is 12.8 Å².